The minimum Gasteiger partial charge on any atom is -0.382 e. The number of sulfonamides is 1. The quantitative estimate of drug-likeness (QED) is 0.656. The summed E-state index contributed by atoms with van der Waals surface area (Å²) < 4.78 is 49.8. The van der Waals surface area contributed by atoms with Crippen molar-refractivity contribution in [2.45, 2.75) is 0 Å². The fourth-order valence-electron chi connectivity index (χ4n) is 2.45. The average molecular weight is 346 g/mol. The van der Waals surface area contributed by atoms with Crippen molar-refractivity contribution in [1.82, 2.24) is 4.31 Å². The van der Waals surface area contributed by atoms with Crippen molar-refractivity contribution >= 4 is 15.7 Å². The molecule has 0 aliphatic carbocycles. The van der Waals surface area contributed by atoms with Crippen LogP contribution in [0.25, 0.3) is 0 Å². The summed E-state index contributed by atoms with van der Waals surface area (Å²) in [4.78, 5) is 1.87. The molecule has 6 nitrogen and oxygen atoms in total. The SMILES string of the molecule is COCCOCCS(=O)(=O)N1CCN(c2ccccc2F)CC1. The topological polar surface area (TPSA) is 59.1 Å². The molecular formula is C15H23FN2O4S. The van der Waals surface area contributed by atoms with E-state index in [0.29, 0.717) is 45.1 Å². The predicted molar refractivity (Wildman–Crippen MR) is 86.7 cm³/mol. The predicted octanol–water partition coefficient (Wildman–Crippen LogP) is 0.941. The third-order valence-electron chi connectivity index (χ3n) is 3.74. The highest BCUT2D eigenvalue weighted by molar-refractivity contribution is 7.89. The second-order valence-corrected chi connectivity index (χ2v) is 7.35. The highest BCUT2D eigenvalue weighted by atomic mass is 32.2. The molecule has 0 aromatic heterocycles. The van der Waals surface area contributed by atoms with Crippen LogP contribution in [0.15, 0.2) is 24.3 Å². The van der Waals surface area contributed by atoms with Gasteiger partial charge in [0.2, 0.25) is 10.0 Å². The van der Waals surface area contributed by atoms with E-state index < -0.39 is 10.0 Å². The Hall–Kier alpha value is -1.22. The zero-order chi connectivity index (χ0) is 16.7. The van der Waals surface area contributed by atoms with E-state index in [1.54, 1.807) is 25.3 Å². The number of rotatable bonds is 8. The molecule has 0 N–H and O–H groups in total. The maximum absolute atomic E-state index is 13.8. The van der Waals surface area contributed by atoms with Crippen LogP contribution in [0.3, 0.4) is 0 Å². The molecule has 1 fully saturated rings. The fraction of sp³-hybridized carbons (Fsp3) is 0.600. The van der Waals surface area contributed by atoms with Gasteiger partial charge in [-0.3, -0.25) is 0 Å². The highest BCUT2D eigenvalue weighted by Gasteiger charge is 2.27. The van der Waals surface area contributed by atoms with Crippen molar-refractivity contribution in [1.29, 1.82) is 0 Å². The standard InChI is InChI=1S/C15H23FN2O4S/c1-21-10-11-22-12-13-23(19,20)18-8-6-17(7-9-18)15-5-3-2-4-14(15)16/h2-5H,6-13H2,1H3. The average Bonchev–Trinajstić information content (AvgIpc) is 2.55. The molecule has 1 aromatic carbocycles. The smallest absolute Gasteiger partial charge is 0.216 e. The van der Waals surface area contributed by atoms with Crippen LogP contribution >= 0.6 is 0 Å². The molecule has 1 aliphatic heterocycles. The number of hydrogen-bond acceptors (Lipinski definition) is 5. The monoisotopic (exact) mass is 346 g/mol. The Morgan fingerprint density at radius 1 is 1.09 bits per heavy atom. The van der Waals surface area contributed by atoms with Crippen molar-refractivity contribution < 1.29 is 22.3 Å². The van der Waals surface area contributed by atoms with Gasteiger partial charge in [0.25, 0.3) is 0 Å². The van der Waals surface area contributed by atoms with Gasteiger partial charge in [0.1, 0.15) is 5.82 Å². The minimum atomic E-state index is -3.34. The van der Waals surface area contributed by atoms with Gasteiger partial charge in [-0.1, -0.05) is 12.1 Å². The molecule has 0 bridgehead atoms. The van der Waals surface area contributed by atoms with Crippen LogP contribution in [0.2, 0.25) is 0 Å². The Bertz CT molecular complexity index is 589. The number of para-hydroxylation sites is 1. The zero-order valence-electron chi connectivity index (χ0n) is 13.3. The Morgan fingerprint density at radius 2 is 1.78 bits per heavy atom. The van der Waals surface area contributed by atoms with E-state index in [9.17, 15) is 12.8 Å². The molecule has 1 aromatic rings. The van der Waals surface area contributed by atoms with Crippen LogP contribution in [0.4, 0.5) is 10.1 Å². The lowest BCUT2D eigenvalue weighted by molar-refractivity contribution is 0.0781. The van der Waals surface area contributed by atoms with Gasteiger partial charge in [-0.05, 0) is 12.1 Å². The number of anilines is 1. The van der Waals surface area contributed by atoms with Crippen LogP contribution in [-0.2, 0) is 19.5 Å². The summed E-state index contributed by atoms with van der Waals surface area (Å²) in [6.07, 6.45) is 0. The van der Waals surface area contributed by atoms with E-state index in [-0.39, 0.29) is 18.2 Å². The molecule has 1 saturated heterocycles. The third-order valence-corrected chi connectivity index (χ3v) is 5.58. The first kappa shape index (κ1) is 18.1. The van der Waals surface area contributed by atoms with Crippen LogP contribution in [-0.4, -0.2) is 71.6 Å². The van der Waals surface area contributed by atoms with Crippen LogP contribution < -0.4 is 4.90 Å². The molecule has 1 aliphatic rings. The number of ether oxygens (including phenoxy) is 2. The third kappa shape index (κ3) is 5.13. The zero-order valence-corrected chi connectivity index (χ0v) is 14.1. The second kappa shape index (κ2) is 8.58. The van der Waals surface area contributed by atoms with Crippen molar-refractivity contribution in [3.63, 3.8) is 0 Å². The van der Waals surface area contributed by atoms with Crippen molar-refractivity contribution in [3.05, 3.63) is 30.1 Å². The highest BCUT2D eigenvalue weighted by Crippen LogP contribution is 2.21. The molecule has 8 heteroatoms. The van der Waals surface area contributed by atoms with Crippen molar-refractivity contribution in [3.8, 4) is 0 Å². The second-order valence-electron chi connectivity index (χ2n) is 5.26. The van der Waals surface area contributed by atoms with Gasteiger partial charge in [0.05, 0.1) is 31.3 Å². The lowest BCUT2D eigenvalue weighted by Crippen LogP contribution is -2.49. The first-order chi connectivity index (χ1) is 11.0. The van der Waals surface area contributed by atoms with Crippen LogP contribution in [0.5, 0.6) is 0 Å². The summed E-state index contributed by atoms with van der Waals surface area (Å²) in [5, 5.41) is 0. The van der Waals surface area contributed by atoms with Gasteiger partial charge >= 0.3 is 0 Å². The summed E-state index contributed by atoms with van der Waals surface area (Å²) >= 11 is 0. The summed E-state index contributed by atoms with van der Waals surface area (Å²) in [6.45, 7) is 2.65. The van der Waals surface area contributed by atoms with Crippen LogP contribution in [0.1, 0.15) is 0 Å². The molecule has 0 radical (unpaired) electrons. The molecule has 0 spiro atoms. The number of nitrogens with zero attached hydrogens (tertiary/aromatic N) is 2. The van der Waals surface area contributed by atoms with E-state index in [1.807, 2.05) is 4.90 Å². The molecule has 130 valence electrons. The maximum Gasteiger partial charge on any atom is 0.216 e. The summed E-state index contributed by atoms with van der Waals surface area (Å²) in [5.41, 5.74) is 0.521. The van der Waals surface area contributed by atoms with Gasteiger partial charge in [-0.25, -0.2) is 12.8 Å². The Labute approximate surface area is 136 Å². The van der Waals surface area contributed by atoms with Gasteiger partial charge in [0, 0.05) is 33.3 Å². The molecule has 0 atom stereocenters. The Balaban J connectivity index is 1.82. The molecule has 2 rings (SSSR count). The minimum absolute atomic E-state index is 0.0452. The molecule has 23 heavy (non-hydrogen) atoms. The van der Waals surface area contributed by atoms with E-state index in [0.717, 1.165) is 0 Å². The molecule has 0 unspecified atom stereocenters. The molecule has 0 amide bonds. The first-order valence-electron chi connectivity index (χ1n) is 7.58. The van der Waals surface area contributed by atoms with Crippen molar-refractivity contribution in [2.24, 2.45) is 0 Å². The number of methoxy groups -OCH3 is 1. The largest absolute Gasteiger partial charge is 0.382 e. The Kier molecular flexibility index (Phi) is 6.76. The van der Waals surface area contributed by atoms with E-state index in [1.165, 1.54) is 10.4 Å². The van der Waals surface area contributed by atoms with Gasteiger partial charge in [-0.2, -0.15) is 4.31 Å². The van der Waals surface area contributed by atoms with Gasteiger partial charge < -0.3 is 14.4 Å². The van der Waals surface area contributed by atoms with E-state index in [2.05, 4.69) is 0 Å². The van der Waals surface area contributed by atoms with E-state index in [4.69, 9.17) is 9.47 Å². The van der Waals surface area contributed by atoms with Gasteiger partial charge in [0.15, 0.2) is 0 Å². The first-order valence-corrected chi connectivity index (χ1v) is 9.19. The normalized spacial score (nSPS) is 16.7. The summed E-state index contributed by atoms with van der Waals surface area (Å²) in [6, 6.07) is 6.54. The Morgan fingerprint density at radius 3 is 2.43 bits per heavy atom. The lowest BCUT2D eigenvalue weighted by atomic mass is 10.2. The summed E-state index contributed by atoms with van der Waals surface area (Å²) in [7, 11) is -1.77. The number of halogens is 1. The van der Waals surface area contributed by atoms with Crippen molar-refractivity contribution in [2.75, 3.05) is 63.8 Å². The summed E-state index contributed by atoms with van der Waals surface area (Å²) in [5.74, 6) is -0.327. The number of hydrogen-bond donors (Lipinski definition) is 0. The number of piperazine rings is 1. The fourth-order valence-corrected chi connectivity index (χ4v) is 3.76. The number of benzene rings is 1. The van der Waals surface area contributed by atoms with Gasteiger partial charge in [-0.15, -0.1) is 0 Å². The molecule has 0 saturated carbocycles. The van der Waals surface area contributed by atoms with Crippen LogP contribution in [0, 0.1) is 5.82 Å². The van der Waals surface area contributed by atoms with E-state index >= 15 is 0 Å². The lowest BCUT2D eigenvalue weighted by Gasteiger charge is -2.35. The maximum atomic E-state index is 13.8. The molecule has 1 heterocycles. The molecular weight excluding hydrogens is 323 g/mol.